The van der Waals surface area contributed by atoms with Gasteiger partial charge in [0.2, 0.25) is 0 Å². The summed E-state index contributed by atoms with van der Waals surface area (Å²) in [4.78, 5) is 28.3. The van der Waals surface area contributed by atoms with Gasteiger partial charge in [0.1, 0.15) is 6.61 Å². The highest BCUT2D eigenvalue weighted by atomic mass is 35.5. The van der Waals surface area contributed by atoms with Crippen LogP contribution in [0.15, 0.2) is 54.6 Å². The molecule has 3 rings (SSSR count). The molecule has 1 fully saturated rings. The fourth-order valence-electron chi connectivity index (χ4n) is 2.87. The van der Waals surface area contributed by atoms with Crippen LogP contribution in [0, 0.1) is 0 Å². The molecule has 5 nitrogen and oxygen atoms in total. The number of carbonyl (C=O) groups is 2. The number of Topliss-reactive ketones (excluding diaryl/α,β-unsaturated/α-hetero) is 1. The first-order valence-corrected chi connectivity index (χ1v) is 8.97. The molecule has 0 saturated carbocycles. The SMILES string of the molecule is O=C(CN1CCN(C(=O)OCc2ccccc2)CC1)c1ccccc1Cl. The van der Waals surface area contributed by atoms with E-state index in [1.165, 1.54) is 0 Å². The number of ketones is 1. The standard InChI is InChI=1S/C20H21ClN2O3/c21-18-9-5-4-8-17(18)19(24)14-22-10-12-23(13-11-22)20(25)26-15-16-6-2-1-3-7-16/h1-9H,10-15H2. The van der Waals surface area contributed by atoms with Crippen LogP contribution in [0.3, 0.4) is 0 Å². The number of piperazine rings is 1. The lowest BCUT2D eigenvalue weighted by Crippen LogP contribution is -2.50. The zero-order valence-corrected chi connectivity index (χ0v) is 15.2. The molecular weight excluding hydrogens is 352 g/mol. The number of halogens is 1. The van der Waals surface area contributed by atoms with Crippen molar-refractivity contribution in [2.45, 2.75) is 6.61 Å². The Morgan fingerprint density at radius 3 is 2.27 bits per heavy atom. The lowest BCUT2D eigenvalue weighted by molar-refractivity contribution is 0.0678. The molecule has 26 heavy (non-hydrogen) atoms. The van der Waals surface area contributed by atoms with Gasteiger partial charge in [0.05, 0.1) is 11.6 Å². The van der Waals surface area contributed by atoms with E-state index >= 15 is 0 Å². The van der Waals surface area contributed by atoms with Crippen LogP contribution in [0.2, 0.25) is 5.02 Å². The second-order valence-electron chi connectivity index (χ2n) is 6.21. The second-order valence-corrected chi connectivity index (χ2v) is 6.61. The zero-order chi connectivity index (χ0) is 18.4. The van der Waals surface area contributed by atoms with Crippen molar-refractivity contribution in [1.82, 2.24) is 9.80 Å². The highest BCUT2D eigenvalue weighted by Gasteiger charge is 2.24. The molecule has 1 saturated heterocycles. The average Bonchev–Trinajstić information content (AvgIpc) is 2.68. The lowest BCUT2D eigenvalue weighted by atomic mass is 10.1. The lowest BCUT2D eigenvalue weighted by Gasteiger charge is -2.33. The van der Waals surface area contributed by atoms with E-state index in [9.17, 15) is 9.59 Å². The topological polar surface area (TPSA) is 49.9 Å². The highest BCUT2D eigenvalue weighted by molar-refractivity contribution is 6.34. The molecule has 0 aliphatic carbocycles. The molecule has 1 amide bonds. The monoisotopic (exact) mass is 372 g/mol. The molecule has 2 aromatic rings. The Balaban J connectivity index is 1.44. The third-order valence-corrected chi connectivity index (χ3v) is 4.71. The van der Waals surface area contributed by atoms with Crippen molar-refractivity contribution in [2.75, 3.05) is 32.7 Å². The van der Waals surface area contributed by atoms with E-state index < -0.39 is 0 Å². The quantitative estimate of drug-likeness (QED) is 0.754. The largest absolute Gasteiger partial charge is 0.445 e. The summed E-state index contributed by atoms with van der Waals surface area (Å²) in [6.07, 6.45) is -0.314. The summed E-state index contributed by atoms with van der Waals surface area (Å²) in [5.41, 5.74) is 1.50. The molecule has 0 unspecified atom stereocenters. The van der Waals surface area contributed by atoms with Gasteiger partial charge in [-0.2, -0.15) is 0 Å². The van der Waals surface area contributed by atoms with Crippen molar-refractivity contribution in [1.29, 1.82) is 0 Å². The Morgan fingerprint density at radius 2 is 1.58 bits per heavy atom. The van der Waals surface area contributed by atoms with Crippen LogP contribution in [0.4, 0.5) is 4.79 Å². The maximum Gasteiger partial charge on any atom is 0.410 e. The van der Waals surface area contributed by atoms with Crippen molar-refractivity contribution in [2.24, 2.45) is 0 Å². The number of amides is 1. The van der Waals surface area contributed by atoms with Gasteiger partial charge in [-0.1, -0.05) is 54.1 Å². The van der Waals surface area contributed by atoms with Crippen LogP contribution >= 0.6 is 11.6 Å². The summed E-state index contributed by atoms with van der Waals surface area (Å²) in [6, 6.07) is 16.7. The third kappa shape index (κ3) is 4.84. The summed E-state index contributed by atoms with van der Waals surface area (Å²) in [7, 11) is 0. The number of rotatable bonds is 5. The maximum absolute atomic E-state index is 12.4. The van der Waals surface area contributed by atoms with Crippen LogP contribution in [-0.4, -0.2) is 54.4 Å². The Bertz CT molecular complexity index is 759. The summed E-state index contributed by atoms with van der Waals surface area (Å²) < 4.78 is 5.35. The highest BCUT2D eigenvalue weighted by Crippen LogP contribution is 2.16. The first-order chi connectivity index (χ1) is 12.6. The fraction of sp³-hybridized carbons (Fsp3) is 0.300. The molecule has 0 radical (unpaired) electrons. The first kappa shape index (κ1) is 18.4. The van der Waals surface area contributed by atoms with E-state index in [1.807, 2.05) is 35.2 Å². The minimum absolute atomic E-state index is 0.00398. The Hall–Kier alpha value is -2.37. The molecule has 2 aromatic carbocycles. The van der Waals surface area contributed by atoms with Gasteiger partial charge in [0.15, 0.2) is 5.78 Å². The van der Waals surface area contributed by atoms with Crippen molar-refractivity contribution < 1.29 is 14.3 Å². The smallest absolute Gasteiger partial charge is 0.410 e. The van der Waals surface area contributed by atoms with E-state index in [1.54, 1.807) is 29.2 Å². The molecule has 0 atom stereocenters. The average molecular weight is 373 g/mol. The van der Waals surface area contributed by atoms with Crippen LogP contribution in [0.1, 0.15) is 15.9 Å². The summed E-state index contributed by atoms with van der Waals surface area (Å²) in [6.45, 7) is 2.93. The minimum atomic E-state index is -0.314. The summed E-state index contributed by atoms with van der Waals surface area (Å²) in [5.74, 6) is -0.00398. The molecule has 136 valence electrons. The van der Waals surface area contributed by atoms with Gasteiger partial charge in [-0.05, 0) is 17.7 Å². The molecule has 0 spiro atoms. The van der Waals surface area contributed by atoms with Gasteiger partial charge >= 0.3 is 6.09 Å². The summed E-state index contributed by atoms with van der Waals surface area (Å²) in [5, 5.41) is 0.473. The van der Waals surface area contributed by atoms with Crippen molar-refractivity contribution in [3.63, 3.8) is 0 Å². The maximum atomic E-state index is 12.4. The molecule has 1 aliphatic heterocycles. The third-order valence-electron chi connectivity index (χ3n) is 4.38. The van der Waals surface area contributed by atoms with Gasteiger partial charge < -0.3 is 9.64 Å². The van der Waals surface area contributed by atoms with Crippen molar-refractivity contribution in [3.8, 4) is 0 Å². The molecule has 1 aliphatic rings. The first-order valence-electron chi connectivity index (χ1n) is 8.59. The molecule has 0 bridgehead atoms. The Morgan fingerprint density at radius 1 is 0.923 bits per heavy atom. The van der Waals surface area contributed by atoms with Crippen molar-refractivity contribution >= 4 is 23.5 Å². The van der Waals surface area contributed by atoms with Gasteiger partial charge in [-0.25, -0.2) is 4.79 Å². The van der Waals surface area contributed by atoms with E-state index in [2.05, 4.69) is 0 Å². The predicted octanol–water partition coefficient (Wildman–Crippen LogP) is 3.48. The van der Waals surface area contributed by atoms with E-state index in [0.717, 1.165) is 5.56 Å². The van der Waals surface area contributed by atoms with Gasteiger partial charge in [-0.3, -0.25) is 9.69 Å². The number of benzene rings is 2. The van der Waals surface area contributed by atoms with E-state index in [4.69, 9.17) is 16.3 Å². The second kappa shape index (κ2) is 8.83. The molecule has 0 aromatic heterocycles. The predicted molar refractivity (Wildman–Crippen MR) is 100 cm³/mol. The van der Waals surface area contributed by atoms with Crippen LogP contribution in [0.25, 0.3) is 0 Å². The molecule has 6 heteroatoms. The number of nitrogens with zero attached hydrogens (tertiary/aromatic N) is 2. The Kier molecular flexibility index (Phi) is 6.26. The molecule has 1 heterocycles. The van der Waals surface area contributed by atoms with Crippen LogP contribution < -0.4 is 0 Å². The number of hydrogen-bond acceptors (Lipinski definition) is 4. The number of hydrogen-bond donors (Lipinski definition) is 0. The van der Waals surface area contributed by atoms with Crippen molar-refractivity contribution in [3.05, 3.63) is 70.7 Å². The molecular formula is C20H21ClN2O3. The van der Waals surface area contributed by atoms with E-state index in [-0.39, 0.29) is 18.5 Å². The number of ether oxygens (including phenoxy) is 1. The summed E-state index contributed by atoms with van der Waals surface area (Å²) >= 11 is 6.08. The zero-order valence-electron chi connectivity index (χ0n) is 14.4. The fourth-order valence-corrected chi connectivity index (χ4v) is 3.12. The van der Waals surface area contributed by atoms with E-state index in [0.29, 0.717) is 43.3 Å². The minimum Gasteiger partial charge on any atom is -0.445 e. The van der Waals surface area contributed by atoms with Crippen LogP contribution in [0.5, 0.6) is 0 Å². The van der Waals surface area contributed by atoms with Crippen LogP contribution in [-0.2, 0) is 11.3 Å². The van der Waals surface area contributed by atoms with Gasteiger partial charge in [-0.15, -0.1) is 0 Å². The number of carbonyl (C=O) groups excluding carboxylic acids is 2. The van der Waals surface area contributed by atoms with Gasteiger partial charge in [0.25, 0.3) is 0 Å². The molecule has 0 N–H and O–H groups in total. The van der Waals surface area contributed by atoms with Gasteiger partial charge in [0, 0.05) is 31.7 Å². The normalized spacial score (nSPS) is 14.9. The Labute approximate surface area is 158 Å².